The van der Waals surface area contributed by atoms with Crippen LogP contribution >= 0.6 is 0 Å². The maximum Gasteiger partial charge on any atom is 0.246 e. The van der Waals surface area contributed by atoms with Gasteiger partial charge in [0, 0.05) is 38.1 Å². The van der Waals surface area contributed by atoms with Crippen molar-refractivity contribution in [3.05, 3.63) is 54.8 Å². The molecule has 3 rings (SSSR count). The number of aromatic nitrogens is 1. The summed E-state index contributed by atoms with van der Waals surface area (Å²) < 4.78 is 32.2. The fourth-order valence-corrected chi connectivity index (χ4v) is 3.90. The number of sulfonamides is 1. The van der Waals surface area contributed by atoms with Crippen molar-refractivity contribution < 1.29 is 17.6 Å². The lowest BCUT2D eigenvalue weighted by Crippen LogP contribution is -2.40. The molecule has 0 aliphatic carbocycles. The first-order chi connectivity index (χ1) is 12.5. The van der Waals surface area contributed by atoms with Crippen molar-refractivity contribution in [3.8, 4) is 0 Å². The van der Waals surface area contributed by atoms with Crippen molar-refractivity contribution in [1.82, 2.24) is 14.6 Å². The molecule has 0 spiro atoms. The van der Waals surface area contributed by atoms with E-state index in [-0.39, 0.29) is 16.7 Å². The molecule has 1 amide bonds. The van der Waals surface area contributed by atoms with Crippen LogP contribution in [0.5, 0.6) is 0 Å². The Kier molecular flexibility index (Phi) is 5.85. The van der Waals surface area contributed by atoms with E-state index in [9.17, 15) is 13.2 Å². The van der Waals surface area contributed by atoms with E-state index in [1.165, 1.54) is 24.5 Å². The molecule has 8 heteroatoms. The predicted octanol–water partition coefficient (Wildman–Crippen LogP) is 1.90. The summed E-state index contributed by atoms with van der Waals surface area (Å²) in [4.78, 5) is 17.9. The van der Waals surface area contributed by atoms with Gasteiger partial charge in [0.1, 0.15) is 10.7 Å². The van der Waals surface area contributed by atoms with Gasteiger partial charge in [-0.25, -0.2) is 13.1 Å². The minimum absolute atomic E-state index is 0.0595. The van der Waals surface area contributed by atoms with Gasteiger partial charge in [0.05, 0.1) is 6.26 Å². The summed E-state index contributed by atoms with van der Waals surface area (Å²) in [5, 5.41) is 0. The number of likely N-dealkylation sites (tertiary alicyclic amines) is 1. The number of amides is 1. The van der Waals surface area contributed by atoms with Crippen LogP contribution in [-0.2, 0) is 14.8 Å². The summed E-state index contributed by atoms with van der Waals surface area (Å²) in [5.74, 6) is 0.786. The number of rotatable bonds is 6. The number of carbonyl (C=O) groups excluding carboxylic acids is 1. The highest BCUT2D eigenvalue weighted by Crippen LogP contribution is 2.18. The van der Waals surface area contributed by atoms with E-state index in [1.807, 2.05) is 0 Å². The third kappa shape index (κ3) is 4.80. The number of nitrogens with zero attached hydrogens (tertiary/aromatic N) is 2. The Labute approximate surface area is 152 Å². The zero-order chi connectivity index (χ0) is 18.4. The van der Waals surface area contributed by atoms with Crippen molar-refractivity contribution in [2.24, 2.45) is 5.92 Å². The van der Waals surface area contributed by atoms with Gasteiger partial charge in [0.2, 0.25) is 15.9 Å². The molecule has 1 aliphatic rings. The van der Waals surface area contributed by atoms with E-state index >= 15 is 0 Å². The molecule has 2 aromatic rings. The highest BCUT2D eigenvalue weighted by molar-refractivity contribution is 7.89. The first kappa shape index (κ1) is 18.3. The molecule has 0 saturated carbocycles. The molecular formula is C18H21N3O4S. The van der Waals surface area contributed by atoms with Gasteiger partial charge >= 0.3 is 0 Å². The van der Waals surface area contributed by atoms with Gasteiger partial charge in [-0.1, -0.05) is 0 Å². The molecule has 1 fully saturated rings. The van der Waals surface area contributed by atoms with Gasteiger partial charge in [-0.05, 0) is 49.1 Å². The Morgan fingerprint density at radius 2 is 2.12 bits per heavy atom. The van der Waals surface area contributed by atoms with Crippen LogP contribution in [-0.4, -0.2) is 43.8 Å². The van der Waals surface area contributed by atoms with Gasteiger partial charge in [-0.3, -0.25) is 9.78 Å². The molecule has 1 N–H and O–H groups in total. The fraction of sp³-hybridized carbons (Fsp3) is 0.333. The second-order valence-corrected chi connectivity index (χ2v) is 7.92. The predicted molar refractivity (Wildman–Crippen MR) is 96.5 cm³/mol. The number of pyridine rings is 1. The fourth-order valence-electron chi connectivity index (χ4n) is 2.82. The Bertz CT molecular complexity index is 840. The van der Waals surface area contributed by atoms with Gasteiger partial charge in [-0.2, -0.15) is 0 Å². The number of nitrogens with one attached hydrogen (secondary N) is 1. The summed E-state index contributed by atoms with van der Waals surface area (Å²) >= 11 is 0. The lowest BCUT2D eigenvalue weighted by molar-refractivity contribution is -0.127. The Balaban J connectivity index is 1.46. The monoisotopic (exact) mass is 375 g/mol. The van der Waals surface area contributed by atoms with Gasteiger partial charge < -0.3 is 9.32 Å². The molecule has 1 aliphatic heterocycles. The molecule has 0 aromatic carbocycles. The summed E-state index contributed by atoms with van der Waals surface area (Å²) in [6.45, 7) is 1.59. The van der Waals surface area contributed by atoms with E-state index in [4.69, 9.17) is 4.42 Å². The van der Waals surface area contributed by atoms with Crippen LogP contribution in [0, 0.1) is 5.92 Å². The minimum Gasteiger partial charge on any atom is -0.465 e. The van der Waals surface area contributed by atoms with E-state index in [0.29, 0.717) is 25.4 Å². The average Bonchev–Trinajstić information content (AvgIpc) is 3.19. The molecule has 0 atom stereocenters. The number of carbonyl (C=O) groups is 1. The zero-order valence-corrected chi connectivity index (χ0v) is 15.1. The molecular weight excluding hydrogens is 354 g/mol. The molecule has 7 nitrogen and oxygen atoms in total. The number of hydrogen-bond acceptors (Lipinski definition) is 5. The van der Waals surface area contributed by atoms with Crippen LogP contribution in [0.15, 0.2) is 58.3 Å². The topological polar surface area (TPSA) is 92.5 Å². The van der Waals surface area contributed by atoms with Crippen LogP contribution < -0.4 is 4.72 Å². The van der Waals surface area contributed by atoms with Crippen molar-refractivity contribution in [3.63, 3.8) is 0 Å². The van der Waals surface area contributed by atoms with Gasteiger partial charge in [0.15, 0.2) is 0 Å². The van der Waals surface area contributed by atoms with E-state index in [2.05, 4.69) is 9.71 Å². The lowest BCUT2D eigenvalue weighted by atomic mass is 9.97. The van der Waals surface area contributed by atoms with Crippen LogP contribution in [0.1, 0.15) is 18.6 Å². The lowest BCUT2D eigenvalue weighted by Gasteiger charge is -2.31. The van der Waals surface area contributed by atoms with Crippen molar-refractivity contribution >= 4 is 22.0 Å². The highest BCUT2D eigenvalue weighted by atomic mass is 32.2. The first-order valence-electron chi connectivity index (χ1n) is 8.45. The third-order valence-corrected chi connectivity index (χ3v) is 5.78. The second-order valence-electron chi connectivity index (χ2n) is 6.16. The highest BCUT2D eigenvalue weighted by Gasteiger charge is 2.23. The second kappa shape index (κ2) is 8.29. The molecule has 26 heavy (non-hydrogen) atoms. The largest absolute Gasteiger partial charge is 0.465 e. The molecule has 138 valence electrons. The molecule has 0 bridgehead atoms. The molecule has 2 aromatic heterocycles. The Morgan fingerprint density at radius 3 is 2.77 bits per heavy atom. The number of piperidine rings is 1. The normalized spacial score (nSPS) is 16.2. The zero-order valence-electron chi connectivity index (χ0n) is 14.2. The third-order valence-electron chi connectivity index (χ3n) is 4.37. The summed E-state index contributed by atoms with van der Waals surface area (Å²) in [5.41, 5.74) is 0. The van der Waals surface area contributed by atoms with Crippen molar-refractivity contribution in [1.29, 1.82) is 0 Å². The smallest absolute Gasteiger partial charge is 0.246 e. The van der Waals surface area contributed by atoms with Gasteiger partial charge in [-0.15, -0.1) is 0 Å². The number of furan rings is 1. The SMILES string of the molecule is O=C(/C=C/c1ccco1)N1CCC(CNS(=O)(=O)c2cccnc2)CC1. The van der Waals surface area contributed by atoms with Crippen molar-refractivity contribution in [2.45, 2.75) is 17.7 Å². The standard InChI is InChI=1S/C18H21N3O4S/c22-18(6-5-16-3-2-12-25-16)21-10-7-15(8-11-21)13-20-26(23,24)17-4-1-9-19-14-17/h1-6,9,12,14-15,20H,7-8,10-11,13H2/b6-5+. The molecule has 3 heterocycles. The molecule has 0 unspecified atom stereocenters. The van der Waals surface area contributed by atoms with Crippen LogP contribution in [0.4, 0.5) is 0 Å². The minimum atomic E-state index is -3.54. The van der Waals surface area contributed by atoms with E-state index < -0.39 is 10.0 Å². The molecule has 1 saturated heterocycles. The Hall–Kier alpha value is -2.45. The number of hydrogen-bond donors (Lipinski definition) is 1. The van der Waals surface area contributed by atoms with E-state index in [0.717, 1.165) is 12.8 Å². The quantitative estimate of drug-likeness (QED) is 0.779. The maximum atomic E-state index is 12.2. The first-order valence-corrected chi connectivity index (χ1v) is 9.93. The Morgan fingerprint density at radius 1 is 1.31 bits per heavy atom. The van der Waals surface area contributed by atoms with E-state index in [1.54, 1.807) is 35.4 Å². The van der Waals surface area contributed by atoms with Gasteiger partial charge in [0.25, 0.3) is 0 Å². The van der Waals surface area contributed by atoms with Crippen LogP contribution in [0.2, 0.25) is 0 Å². The van der Waals surface area contributed by atoms with Crippen LogP contribution in [0.25, 0.3) is 6.08 Å². The van der Waals surface area contributed by atoms with Crippen LogP contribution in [0.3, 0.4) is 0 Å². The average molecular weight is 375 g/mol. The summed E-state index contributed by atoms with van der Waals surface area (Å²) in [7, 11) is -3.54. The summed E-state index contributed by atoms with van der Waals surface area (Å²) in [6, 6.07) is 6.66. The maximum absolute atomic E-state index is 12.2. The summed E-state index contributed by atoms with van der Waals surface area (Å²) in [6.07, 6.45) is 9.09. The molecule has 0 radical (unpaired) electrons. The van der Waals surface area contributed by atoms with Crippen molar-refractivity contribution in [2.75, 3.05) is 19.6 Å².